The predicted molar refractivity (Wildman–Crippen MR) is 130 cm³/mol. The Morgan fingerprint density at radius 1 is 0.750 bits per heavy atom. The third-order valence-corrected chi connectivity index (χ3v) is 6.49. The molecule has 0 saturated carbocycles. The Kier molecular flexibility index (Phi) is 5.68. The maximum atomic E-state index is 12.8. The highest BCUT2D eigenvalue weighted by molar-refractivity contribution is 6.42. The largest absolute Gasteiger partial charge is 0.351 e. The molecule has 32 heavy (non-hydrogen) atoms. The van der Waals surface area contributed by atoms with E-state index >= 15 is 0 Å². The lowest BCUT2D eigenvalue weighted by Crippen LogP contribution is -2.49. The summed E-state index contributed by atoms with van der Waals surface area (Å²) in [6, 6.07) is 23.0. The molecule has 1 aliphatic rings. The number of aromatic nitrogens is 2. The van der Waals surface area contributed by atoms with Crippen molar-refractivity contribution in [3.8, 4) is 11.3 Å². The Hall–Kier alpha value is -3.15. The number of benzene rings is 3. The van der Waals surface area contributed by atoms with Gasteiger partial charge in [-0.1, -0.05) is 71.7 Å². The van der Waals surface area contributed by atoms with Crippen LogP contribution in [0.5, 0.6) is 0 Å². The minimum absolute atomic E-state index is 0.0659. The number of piperazine rings is 1. The maximum absolute atomic E-state index is 12.8. The van der Waals surface area contributed by atoms with Crippen LogP contribution in [-0.2, 0) is 0 Å². The van der Waals surface area contributed by atoms with Crippen molar-refractivity contribution in [1.29, 1.82) is 0 Å². The van der Waals surface area contributed by atoms with Crippen LogP contribution in [0, 0.1) is 0 Å². The van der Waals surface area contributed by atoms with Crippen molar-refractivity contribution >= 4 is 45.7 Å². The lowest BCUT2D eigenvalue weighted by molar-refractivity contribution is 0.0746. The number of nitrogens with zero attached hydrogens (tertiary/aromatic N) is 4. The van der Waals surface area contributed by atoms with Gasteiger partial charge in [-0.15, -0.1) is 10.2 Å². The lowest BCUT2D eigenvalue weighted by Gasteiger charge is -2.35. The number of rotatable bonds is 3. The van der Waals surface area contributed by atoms with Crippen molar-refractivity contribution in [2.75, 3.05) is 31.1 Å². The summed E-state index contributed by atoms with van der Waals surface area (Å²) in [5.74, 6) is 0.896. The first kappa shape index (κ1) is 20.7. The molecule has 4 aromatic rings. The number of halogens is 2. The molecule has 2 heterocycles. The Bertz CT molecular complexity index is 1290. The average Bonchev–Trinajstić information content (AvgIpc) is 2.85. The fraction of sp³-hybridized carbons (Fsp3) is 0.160. The standard InChI is InChI=1S/C25H20Cl2N4O/c26-21-11-10-18(16-22(21)27)23-19-8-4-5-9-20(19)24(29-28-23)30-12-14-31(15-13-30)25(32)17-6-2-1-3-7-17/h1-11,16H,12-15H2. The molecule has 1 amide bonds. The predicted octanol–water partition coefficient (Wildman–Crippen LogP) is 5.57. The van der Waals surface area contributed by atoms with E-state index in [4.69, 9.17) is 23.2 Å². The number of carbonyl (C=O) groups excluding carboxylic acids is 1. The van der Waals surface area contributed by atoms with E-state index in [0.29, 0.717) is 36.2 Å². The summed E-state index contributed by atoms with van der Waals surface area (Å²) >= 11 is 12.3. The summed E-state index contributed by atoms with van der Waals surface area (Å²) in [5, 5.41) is 12.1. The smallest absolute Gasteiger partial charge is 0.253 e. The van der Waals surface area contributed by atoms with Gasteiger partial charge in [-0.25, -0.2) is 0 Å². The molecule has 7 heteroatoms. The Morgan fingerprint density at radius 2 is 1.44 bits per heavy atom. The van der Waals surface area contributed by atoms with Crippen LogP contribution in [0.2, 0.25) is 10.0 Å². The first-order valence-electron chi connectivity index (χ1n) is 10.4. The fourth-order valence-corrected chi connectivity index (χ4v) is 4.36. The van der Waals surface area contributed by atoms with E-state index < -0.39 is 0 Å². The van der Waals surface area contributed by atoms with E-state index in [9.17, 15) is 4.79 Å². The van der Waals surface area contributed by atoms with Crippen LogP contribution in [0.25, 0.3) is 22.0 Å². The number of amides is 1. The van der Waals surface area contributed by atoms with E-state index in [2.05, 4.69) is 21.2 Å². The SMILES string of the molecule is O=C(c1ccccc1)N1CCN(c2nnc(-c3ccc(Cl)c(Cl)c3)c3ccccc23)CC1. The quantitative estimate of drug-likeness (QED) is 0.399. The van der Waals surface area contributed by atoms with Gasteiger partial charge in [-0.05, 0) is 24.3 Å². The van der Waals surface area contributed by atoms with Crippen molar-refractivity contribution in [1.82, 2.24) is 15.1 Å². The molecule has 1 saturated heterocycles. The first-order chi connectivity index (χ1) is 15.6. The van der Waals surface area contributed by atoms with Gasteiger partial charge in [0, 0.05) is 48.1 Å². The van der Waals surface area contributed by atoms with E-state index in [1.54, 1.807) is 6.07 Å². The Balaban J connectivity index is 1.42. The minimum atomic E-state index is 0.0659. The highest BCUT2D eigenvalue weighted by atomic mass is 35.5. The molecule has 0 aliphatic carbocycles. The second-order valence-corrected chi connectivity index (χ2v) is 8.51. The van der Waals surface area contributed by atoms with Crippen LogP contribution in [-0.4, -0.2) is 47.2 Å². The Labute approximate surface area is 196 Å². The van der Waals surface area contributed by atoms with E-state index in [0.717, 1.165) is 33.4 Å². The molecule has 0 atom stereocenters. The zero-order valence-electron chi connectivity index (χ0n) is 17.2. The third kappa shape index (κ3) is 3.90. The first-order valence-corrected chi connectivity index (χ1v) is 11.2. The summed E-state index contributed by atoms with van der Waals surface area (Å²) in [4.78, 5) is 16.9. The zero-order valence-corrected chi connectivity index (χ0v) is 18.7. The molecule has 160 valence electrons. The molecule has 5 rings (SSSR count). The van der Waals surface area contributed by atoms with Gasteiger partial charge in [0.15, 0.2) is 5.82 Å². The van der Waals surface area contributed by atoms with Gasteiger partial charge in [0.1, 0.15) is 5.69 Å². The summed E-state index contributed by atoms with van der Waals surface area (Å²) in [6.07, 6.45) is 0. The van der Waals surface area contributed by atoms with Crippen LogP contribution in [0.1, 0.15) is 10.4 Å². The molecule has 5 nitrogen and oxygen atoms in total. The summed E-state index contributed by atoms with van der Waals surface area (Å²) < 4.78 is 0. The molecule has 0 unspecified atom stereocenters. The van der Waals surface area contributed by atoms with Gasteiger partial charge in [0.25, 0.3) is 5.91 Å². The van der Waals surface area contributed by atoms with Crippen LogP contribution in [0.15, 0.2) is 72.8 Å². The summed E-state index contributed by atoms with van der Waals surface area (Å²) in [6.45, 7) is 2.67. The van der Waals surface area contributed by atoms with Gasteiger partial charge < -0.3 is 9.80 Å². The van der Waals surface area contributed by atoms with Crippen molar-refractivity contribution in [2.24, 2.45) is 0 Å². The molecular formula is C25H20Cl2N4O. The van der Waals surface area contributed by atoms with Crippen molar-refractivity contribution in [3.05, 3.63) is 88.4 Å². The molecule has 1 aromatic heterocycles. The van der Waals surface area contributed by atoms with E-state index in [1.807, 2.05) is 65.6 Å². The normalized spacial score (nSPS) is 14.1. The van der Waals surface area contributed by atoms with Gasteiger partial charge in [0.2, 0.25) is 0 Å². The highest BCUT2D eigenvalue weighted by Gasteiger charge is 2.24. The number of hydrogen-bond acceptors (Lipinski definition) is 4. The van der Waals surface area contributed by atoms with Crippen molar-refractivity contribution in [3.63, 3.8) is 0 Å². The topological polar surface area (TPSA) is 49.3 Å². The molecule has 1 aliphatic heterocycles. The molecule has 3 aromatic carbocycles. The number of hydrogen-bond donors (Lipinski definition) is 0. The van der Waals surface area contributed by atoms with Gasteiger partial charge in [-0.3, -0.25) is 4.79 Å². The monoisotopic (exact) mass is 462 g/mol. The average molecular weight is 463 g/mol. The van der Waals surface area contributed by atoms with Crippen molar-refractivity contribution < 1.29 is 4.79 Å². The van der Waals surface area contributed by atoms with E-state index in [1.165, 1.54) is 0 Å². The zero-order chi connectivity index (χ0) is 22.1. The maximum Gasteiger partial charge on any atom is 0.253 e. The minimum Gasteiger partial charge on any atom is -0.351 e. The number of fused-ring (bicyclic) bond motifs is 1. The van der Waals surface area contributed by atoms with Crippen molar-refractivity contribution in [2.45, 2.75) is 0 Å². The molecule has 0 N–H and O–H groups in total. The molecule has 0 bridgehead atoms. The lowest BCUT2D eigenvalue weighted by atomic mass is 10.0. The fourth-order valence-electron chi connectivity index (χ4n) is 4.06. The van der Waals surface area contributed by atoms with Gasteiger partial charge >= 0.3 is 0 Å². The number of anilines is 1. The van der Waals surface area contributed by atoms with Crippen LogP contribution in [0.3, 0.4) is 0 Å². The molecule has 0 spiro atoms. The summed E-state index contributed by atoms with van der Waals surface area (Å²) in [7, 11) is 0. The van der Waals surface area contributed by atoms with Gasteiger partial charge in [0.05, 0.1) is 10.0 Å². The van der Waals surface area contributed by atoms with Crippen LogP contribution in [0.4, 0.5) is 5.82 Å². The molecule has 0 radical (unpaired) electrons. The van der Waals surface area contributed by atoms with Crippen LogP contribution < -0.4 is 4.90 Å². The third-order valence-electron chi connectivity index (χ3n) is 5.75. The molecule has 1 fully saturated rings. The van der Waals surface area contributed by atoms with Crippen LogP contribution >= 0.6 is 23.2 Å². The highest BCUT2D eigenvalue weighted by Crippen LogP contribution is 2.34. The van der Waals surface area contributed by atoms with E-state index in [-0.39, 0.29) is 5.91 Å². The van der Waals surface area contributed by atoms with Gasteiger partial charge in [-0.2, -0.15) is 0 Å². The second-order valence-electron chi connectivity index (χ2n) is 7.69. The number of carbonyl (C=O) groups is 1. The molecular weight excluding hydrogens is 443 g/mol. The summed E-state index contributed by atoms with van der Waals surface area (Å²) in [5.41, 5.74) is 2.35. The Morgan fingerprint density at radius 3 is 2.16 bits per heavy atom. The second kappa shape index (κ2) is 8.77.